The van der Waals surface area contributed by atoms with E-state index in [1.807, 2.05) is 11.8 Å². The number of hydrogen-bond donors (Lipinski definition) is 1. The number of anilines is 1. The highest BCUT2D eigenvalue weighted by Gasteiger charge is 2.27. The van der Waals surface area contributed by atoms with Gasteiger partial charge in [-0.3, -0.25) is 0 Å². The highest BCUT2D eigenvalue weighted by Crippen LogP contribution is 2.39. The Balaban J connectivity index is 2.12. The number of hydrogen-bond acceptors (Lipinski definition) is 4. The van der Waals surface area contributed by atoms with Gasteiger partial charge in [0.25, 0.3) is 0 Å². The summed E-state index contributed by atoms with van der Waals surface area (Å²) in [7, 11) is 0. The van der Waals surface area contributed by atoms with Crippen molar-refractivity contribution in [3.05, 3.63) is 11.9 Å². The van der Waals surface area contributed by atoms with Gasteiger partial charge in [-0.2, -0.15) is 0 Å². The van der Waals surface area contributed by atoms with E-state index in [2.05, 4.69) is 42.1 Å². The van der Waals surface area contributed by atoms with Crippen molar-refractivity contribution in [1.29, 1.82) is 0 Å². The molecule has 1 saturated carbocycles. The minimum absolute atomic E-state index is 0.618. The van der Waals surface area contributed by atoms with Crippen molar-refractivity contribution in [1.82, 2.24) is 9.97 Å². The van der Waals surface area contributed by atoms with E-state index in [0.717, 1.165) is 29.0 Å². The fourth-order valence-corrected chi connectivity index (χ4v) is 2.42. The normalized spacial score (nSPS) is 15.3. The largest absolute Gasteiger partial charge is 0.370 e. The summed E-state index contributed by atoms with van der Waals surface area (Å²) < 4.78 is 0. The average Bonchev–Trinajstić information content (AvgIpc) is 3.10. The fourth-order valence-electron chi connectivity index (χ4n) is 1.56. The lowest BCUT2D eigenvalue weighted by atomic mass is 10.3. The van der Waals surface area contributed by atoms with Gasteiger partial charge in [0, 0.05) is 24.3 Å². The topological polar surface area (TPSA) is 37.8 Å². The first-order valence-electron chi connectivity index (χ1n) is 6.44. The predicted molar refractivity (Wildman–Crippen MR) is 73.7 cm³/mol. The first kappa shape index (κ1) is 12.7. The van der Waals surface area contributed by atoms with Crippen molar-refractivity contribution in [3.63, 3.8) is 0 Å². The number of nitrogens with one attached hydrogen (secondary N) is 1. The Morgan fingerprint density at radius 2 is 2.18 bits per heavy atom. The zero-order chi connectivity index (χ0) is 12.3. The minimum atomic E-state index is 0.618. The van der Waals surface area contributed by atoms with Crippen LogP contribution in [0.1, 0.15) is 45.4 Å². The molecule has 1 aliphatic carbocycles. The van der Waals surface area contributed by atoms with Crippen molar-refractivity contribution >= 4 is 17.6 Å². The first-order valence-corrected chi connectivity index (χ1v) is 7.43. The van der Waals surface area contributed by atoms with Gasteiger partial charge >= 0.3 is 0 Å². The molecule has 0 amide bonds. The summed E-state index contributed by atoms with van der Waals surface area (Å²) in [4.78, 5) is 9.24. The lowest BCUT2D eigenvalue weighted by Crippen LogP contribution is -2.04. The minimum Gasteiger partial charge on any atom is -0.370 e. The highest BCUT2D eigenvalue weighted by molar-refractivity contribution is 7.99. The molecule has 1 aromatic rings. The van der Waals surface area contributed by atoms with Crippen molar-refractivity contribution in [2.75, 3.05) is 17.6 Å². The maximum absolute atomic E-state index is 4.66. The molecule has 0 aromatic carbocycles. The molecule has 94 valence electrons. The molecule has 1 aliphatic rings. The van der Waals surface area contributed by atoms with Gasteiger partial charge in [0.05, 0.1) is 0 Å². The third kappa shape index (κ3) is 3.87. The molecule has 0 spiro atoms. The zero-order valence-corrected chi connectivity index (χ0v) is 11.7. The molecule has 0 radical (unpaired) electrons. The summed E-state index contributed by atoms with van der Waals surface area (Å²) in [6.07, 6.45) is 2.51. The molecule has 17 heavy (non-hydrogen) atoms. The Morgan fingerprint density at radius 3 is 2.76 bits per heavy atom. The van der Waals surface area contributed by atoms with Crippen LogP contribution in [0.2, 0.25) is 0 Å². The highest BCUT2D eigenvalue weighted by atomic mass is 32.2. The van der Waals surface area contributed by atoms with Gasteiger partial charge < -0.3 is 5.32 Å². The van der Waals surface area contributed by atoms with E-state index in [-0.39, 0.29) is 0 Å². The van der Waals surface area contributed by atoms with Crippen molar-refractivity contribution < 1.29 is 0 Å². The standard InChI is InChI=1S/C13H21N3S/c1-4-14-11-7-12(17-8-9(2)3)16-13(15-11)10-5-6-10/h7,9-10H,4-6,8H2,1-3H3,(H,14,15,16). The van der Waals surface area contributed by atoms with Gasteiger partial charge in [-0.05, 0) is 25.7 Å². The molecule has 0 saturated heterocycles. The summed E-state index contributed by atoms with van der Waals surface area (Å²) in [6.45, 7) is 7.48. The van der Waals surface area contributed by atoms with E-state index in [9.17, 15) is 0 Å². The predicted octanol–water partition coefficient (Wildman–Crippen LogP) is 3.53. The van der Waals surface area contributed by atoms with Crippen LogP contribution in [0, 0.1) is 5.92 Å². The van der Waals surface area contributed by atoms with Crippen molar-refractivity contribution in [3.8, 4) is 0 Å². The van der Waals surface area contributed by atoms with E-state index < -0.39 is 0 Å². The zero-order valence-electron chi connectivity index (χ0n) is 10.9. The molecule has 4 heteroatoms. The third-order valence-electron chi connectivity index (χ3n) is 2.58. The Bertz CT molecular complexity index is 375. The van der Waals surface area contributed by atoms with Crippen molar-refractivity contribution in [2.45, 2.75) is 44.6 Å². The molecular weight excluding hydrogens is 230 g/mol. The van der Waals surface area contributed by atoms with E-state index >= 15 is 0 Å². The number of nitrogens with zero attached hydrogens (tertiary/aromatic N) is 2. The van der Waals surface area contributed by atoms with Crippen LogP contribution in [0.25, 0.3) is 0 Å². The average molecular weight is 251 g/mol. The van der Waals surface area contributed by atoms with Gasteiger partial charge in [-0.1, -0.05) is 13.8 Å². The van der Waals surface area contributed by atoms with Crippen LogP contribution in [0.15, 0.2) is 11.1 Å². The van der Waals surface area contributed by atoms with Gasteiger partial charge in [-0.15, -0.1) is 11.8 Å². The maximum atomic E-state index is 4.66. The van der Waals surface area contributed by atoms with Crippen LogP contribution in [-0.4, -0.2) is 22.3 Å². The molecular formula is C13H21N3S. The summed E-state index contributed by atoms with van der Waals surface area (Å²) >= 11 is 1.84. The van der Waals surface area contributed by atoms with Crippen LogP contribution < -0.4 is 5.32 Å². The van der Waals surface area contributed by atoms with E-state index in [0.29, 0.717) is 11.8 Å². The Morgan fingerprint density at radius 1 is 1.41 bits per heavy atom. The maximum Gasteiger partial charge on any atom is 0.135 e. The van der Waals surface area contributed by atoms with E-state index in [4.69, 9.17) is 0 Å². The summed E-state index contributed by atoms with van der Waals surface area (Å²) in [6, 6.07) is 2.07. The summed E-state index contributed by atoms with van der Waals surface area (Å²) in [5.74, 6) is 4.45. The molecule has 0 aliphatic heterocycles. The SMILES string of the molecule is CCNc1cc(SCC(C)C)nc(C2CC2)n1. The number of rotatable bonds is 6. The lowest BCUT2D eigenvalue weighted by molar-refractivity contribution is 0.748. The summed E-state index contributed by atoms with van der Waals surface area (Å²) in [5, 5.41) is 4.41. The molecule has 1 N–H and O–H groups in total. The monoisotopic (exact) mass is 251 g/mol. The van der Waals surface area contributed by atoms with Crippen LogP contribution in [0.4, 0.5) is 5.82 Å². The van der Waals surface area contributed by atoms with E-state index in [1.54, 1.807) is 0 Å². The quantitative estimate of drug-likeness (QED) is 0.620. The Labute approximate surface area is 108 Å². The lowest BCUT2D eigenvalue weighted by Gasteiger charge is -2.09. The second-order valence-corrected chi connectivity index (χ2v) is 6.00. The Hall–Kier alpha value is -0.770. The number of aromatic nitrogens is 2. The molecule has 0 atom stereocenters. The molecule has 3 nitrogen and oxygen atoms in total. The summed E-state index contributed by atoms with van der Waals surface area (Å²) in [5.41, 5.74) is 0. The van der Waals surface area contributed by atoms with Crippen LogP contribution in [0.5, 0.6) is 0 Å². The second kappa shape index (κ2) is 5.71. The smallest absolute Gasteiger partial charge is 0.135 e. The van der Waals surface area contributed by atoms with Gasteiger partial charge in [0.2, 0.25) is 0 Å². The molecule has 0 bridgehead atoms. The third-order valence-corrected chi connectivity index (χ3v) is 3.92. The van der Waals surface area contributed by atoms with Crippen molar-refractivity contribution in [2.24, 2.45) is 5.92 Å². The van der Waals surface area contributed by atoms with Crippen LogP contribution in [0.3, 0.4) is 0 Å². The molecule has 1 fully saturated rings. The Kier molecular flexibility index (Phi) is 4.26. The molecule has 1 aromatic heterocycles. The first-order chi connectivity index (χ1) is 8.19. The fraction of sp³-hybridized carbons (Fsp3) is 0.692. The number of thioether (sulfide) groups is 1. The van der Waals surface area contributed by atoms with Gasteiger partial charge in [0.15, 0.2) is 0 Å². The molecule has 1 heterocycles. The second-order valence-electron chi connectivity index (χ2n) is 4.96. The van der Waals surface area contributed by atoms with Crippen LogP contribution >= 0.6 is 11.8 Å². The van der Waals surface area contributed by atoms with Gasteiger partial charge in [-0.25, -0.2) is 9.97 Å². The molecule has 2 rings (SSSR count). The molecule has 0 unspecified atom stereocenters. The van der Waals surface area contributed by atoms with Crippen LogP contribution in [-0.2, 0) is 0 Å². The van der Waals surface area contributed by atoms with Gasteiger partial charge in [0.1, 0.15) is 16.7 Å². The van der Waals surface area contributed by atoms with E-state index in [1.165, 1.54) is 12.8 Å².